The smallest absolute Gasteiger partial charge is 0.303 e. The van der Waals surface area contributed by atoms with Crippen LogP contribution in [0.5, 0.6) is 5.75 Å². The standard InChI is InChI=1S/C19H24N2O5/c1-12(4-9-19(23)24)20-18(22)10-15-5-7-16(8-6-15)25-11-17-13(2)21-26-14(17)3/h5-8,12H,4,9-11H2,1-3H3,(H,20,22)(H,23,24). The first-order chi connectivity index (χ1) is 12.3. The summed E-state index contributed by atoms with van der Waals surface area (Å²) in [6.07, 6.45) is 0.690. The molecule has 0 radical (unpaired) electrons. The van der Waals surface area contributed by atoms with E-state index >= 15 is 0 Å². The molecule has 140 valence electrons. The Hall–Kier alpha value is -2.83. The molecular weight excluding hydrogens is 336 g/mol. The number of aromatic nitrogens is 1. The fraction of sp³-hybridized carbons (Fsp3) is 0.421. The van der Waals surface area contributed by atoms with E-state index in [-0.39, 0.29) is 24.8 Å². The summed E-state index contributed by atoms with van der Waals surface area (Å²) in [7, 11) is 0. The van der Waals surface area contributed by atoms with E-state index in [1.807, 2.05) is 38.1 Å². The number of hydrogen-bond donors (Lipinski definition) is 2. The van der Waals surface area contributed by atoms with Crippen LogP contribution in [0.15, 0.2) is 28.8 Å². The normalized spacial score (nSPS) is 11.8. The molecule has 0 saturated carbocycles. The van der Waals surface area contributed by atoms with Crippen molar-refractivity contribution in [3.63, 3.8) is 0 Å². The van der Waals surface area contributed by atoms with Crippen molar-refractivity contribution in [3.05, 3.63) is 46.8 Å². The summed E-state index contributed by atoms with van der Waals surface area (Å²) in [5.74, 6) is 0.447. The Labute approximate surface area is 152 Å². The fourth-order valence-electron chi connectivity index (χ4n) is 2.49. The average molecular weight is 360 g/mol. The summed E-state index contributed by atoms with van der Waals surface area (Å²) in [4.78, 5) is 22.5. The molecule has 1 atom stereocenters. The Bertz CT molecular complexity index is 732. The molecule has 7 nitrogen and oxygen atoms in total. The number of ether oxygens (including phenoxy) is 1. The maximum atomic E-state index is 12.0. The number of carboxylic acids is 1. The Kier molecular flexibility index (Phi) is 6.77. The van der Waals surface area contributed by atoms with Crippen LogP contribution in [0.3, 0.4) is 0 Å². The predicted molar refractivity (Wildman–Crippen MR) is 94.9 cm³/mol. The van der Waals surface area contributed by atoms with Crippen molar-refractivity contribution in [1.82, 2.24) is 10.5 Å². The number of carbonyl (C=O) groups is 2. The SMILES string of the molecule is Cc1noc(C)c1COc1ccc(CC(=O)NC(C)CCC(=O)O)cc1. The number of amides is 1. The predicted octanol–water partition coefficient (Wildman–Crippen LogP) is 2.78. The van der Waals surface area contributed by atoms with Gasteiger partial charge in [0.15, 0.2) is 0 Å². The second-order valence-corrected chi connectivity index (χ2v) is 6.31. The van der Waals surface area contributed by atoms with Crippen LogP contribution in [0.4, 0.5) is 0 Å². The number of carboxylic acid groups (broad SMARTS) is 1. The van der Waals surface area contributed by atoms with Crippen LogP contribution >= 0.6 is 0 Å². The number of aliphatic carboxylic acids is 1. The molecule has 1 unspecified atom stereocenters. The molecule has 1 aromatic carbocycles. The molecule has 0 fully saturated rings. The van der Waals surface area contributed by atoms with Crippen molar-refractivity contribution in [3.8, 4) is 5.75 Å². The average Bonchev–Trinajstić information content (AvgIpc) is 2.90. The molecule has 0 bridgehead atoms. The molecule has 7 heteroatoms. The second kappa shape index (κ2) is 9.03. The Morgan fingerprint density at radius 1 is 1.27 bits per heavy atom. The lowest BCUT2D eigenvalue weighted by Gasteiger charge is -2.13. The summed E-state index contributed by atoms with van der Waals surface area (Å²) in [6, 6.07) is 7.13. The highest BCUT2D eigenvalue weighted by atomic mass is 16.5. The molecule has 26 heavy (non-hydrogen) atoms. The van der Waals surface area contributed by atoms with Crippen molar-refractivity contribution in [2.24, 2.45) is 0 Å². The van der Waals surface area contributed by atoms with E-state index in [1.165, 1.54) is 0 Å². The first-order valence-electron chi connectivity index (χ1n) is 8.49. The van der Waals surface area contributed by atoms with E-state index in [9.17, 15) is 9.59 Å². The molecule has 0 aliphatic rings. The number of carbonyl (C=O) groups excluding carboxylic acids is 1. The van der Waals surface area contributed by atoms with E-state index in [0.717, 1.165) is 22.6 Å². The second-order valence-electron chi connectivity index (χ2n) is 6.31. The molecule has 0 saturated heterocycles. The van der Waals surface area contributed by atoms with Crippen molar-refractivity contribution in [2.75, 3.05) is 0 Å². The maximum absolute atomic E-state index is 12.0. The van der Waals surface area contributed by atoms with Gasteiger partial charge in [0.1, 0.15) is 18.1 Å². The number of aryl methyl sites for hydroxylation is 2. The molecule has 1 amide bonds. The summed E-state index contributed by atoms with van der Waals surface area (Å²) >= 11 is 0. The number of nitrogens with zero attached hydrogens (tertiary/aromatic N) is 1. The van der Waals surface area contributed by atoms with Crippen molar-refractivity contribution in [1.29, 1.82) is 0 Å². The first-order valence-corrected chi connectivity index (χ1v) is 8.49. The van der Waals surface area contributed by atoms with Gasteiger partial charge in [-0.1, -0.05) is 17.3 Å². The van der Waals surface area contributed by atoms with Gasteiger partial charge in [-0.2, -0.15) is 0 Å². The summed E-state index contributed by atoms with van der Waals surface area (Å²) in [5, 5.41) is 15.4. The lowest BCUT2D eigenvalue weighted by atomic mass is 10.1. The minimum Gasteiger partial charge on any atom is -0.489 e. The molecule has 0 spiro atoms. The summed E-state index contributed by atoms with van der Waals surface area (Å²) in [6.45, 7) is 5.89. The lowest BCUT2D eigenvalue weighted by Crippen LogP contribution is -2.34. The van der Waals surface area contributed by atoms with Crippen LogP contribution in [0.1, 0.15) is 42.3 Å². The molecule has 1 heterocycles. The monoisotopic (exact) mass is 360 g/mol. The van der Waals surface area contributed by atoms with Gasteiger partial charge in [0, 0.05) is 12.5 Å². The first kappa shape index (κ1) is 19.5. The van der Waals surface area contributed by atoms with Gasteiger partial charge < -0.3 is 19.7 Å². The van der Waals surface area contributed by atoms with Gasteiger partial charge in [-0.05, 0) is 44.9 Å². The molecular formula is C19H24N2O5. The van der Waals surface area contributed by atoms with Crippen LogP contribution in [0.2, 0.25) is 0 Å². The van der Waals surface area contributed by atoms with Gasteiger partial charge >= 0.3 is 5.97 Å². The van der Waals surface area contributed by atoms with Gasteiger partial charge in [-0.15, -0.1) is 0 Å². The third kappa shape index (κ3) is 5.91. The van der Waals surface area contributed by atoms with Gasteiger partial charge in [0.2, 0.25) is 5.91 Å². The zero-order valence-corrected chi connectivity index (χ0v) is 15.2. The van der Waals surface area contributed by atoms with E-state index in [1.54, 1.807) is 6.92 Å². The number of hydrogen-bond acceptors (Lipinski definition) is 5. The van der Waals surface area contributed by atoms with Crippen LogP contribution in [0.25, 0.3) is 0 Å². The topological polar surface area (TPSA) is 102 Å². The highest BCUT2D eigenvalue weighted by Crippen LogP contribution is 2.18. The molecule has 2 rings (SSSR count). The maximum Gasteiger partial charge on any atom is 0.303 e. The van der Waals surface area contributed by atoms with Gasteiger partial charge in [-0.25, -0.2) is 0 Å². The van der Waals surface area contributed by atoms with Gasteiger partial charge in [0.05, 0.1) is 17.7 Å². The third-order valence-corrected chi connectivity index (χ3v) is 4.05. The third-order valence-electron chi connectivity index (χ3n) is 4.05. The molecule has 1 aromatic heterocycles. The Morgan fingerprint density at radius 3 is 2.54 bits per heavy atom. The Balaban J connectivity index is 1.81. The van der Waals surface area contributed by atoms with Crippen LogP contribution in [0, 0.1) is 13.8 Å². The van der Waals surface area contributed by atoms with E-state index in [0.29, 0.717) is 18.8 Å². The van der Waals surface area contributed by atoms with Crippen molar-refractivity contribution < 1.29 is 24.0 Å². The zero-order valence-electron chi connectivity index (χ0n) is 15.2. The van der Waals surface area contributed by atoms with Crippen molar-refractivity contribution >= 4 is 11.9 Å². The van der Waals surface area contributed by atoms with Crippen LogP contribution in [-0.2, 0) is 22.6 Å². The fourth-order valence-corrected chi connectivity index (χ4v) is 2.49. The summed E-state index contributed by atoms with van der Waals surface area (Å²) < 4.78 is 10.8. The highest BCUT2D eigenvalue weighted by Gasteiger charge is 2.11. The van der Waals surface area contributed by atoms with E-state index in [4.69, 9.17) is 14.4 Å². The highest BCUT2D eigenvalue weighted by molar-refractivity contribution is 5.79. The quantitative estimate of drug-likeness (QED) is 0.713. The molecule has 0 aliphatic carbocycles. The minimum atomic E-state index is -0.863. The van der Waals surface area contributed by atoms with Crippen LogP contribution in [-0.4, -0.2) is 28.2 Å². The van der Waals surface area contributed by atoms with E-state index < -0.39 is 5.97 Å². The van der Waals surface area contributed by atoms with E-state index in [2.05, 4.69) is 10.5 Å². The number of nitrogens with one attached hydrogen (secondary N) is 1. The zero-order chi connectivity index (χ0) is 19.1. The van der Waals surface area contributed by atoms with Gasteiger partial charge in [-0.3, -0.25) is 9.59 Å². The molecule has 0 aliphatic heterocycles. The van der Waals surface area contributed by atoms with Crippen LogP contribution < -0.4 is 10.1 Å². The molecule has 2 N–H and O–H groups in total. The lowest BCUT2D eigenvalue weighted by molar-refractivity contribution is -0.137. The molecule has 2 aromatic rings. The van der Waals surface area contributed by atoms with Gasteiger partial charge in [0.25, 0.3) is 0 Å². The number of benzene rings is 1. The number of rotatable bonds is 9. The van der Waals surface area contributed by atoms with Crippen molar-refractivity contribution in [2.45, 2.75) is 52.7 Å². The minimum absolute atomic E-state index is 0.0403. The largest absolute Gasteiger partial charge is 0.489 e. The Morgan fingerprint density at radius 2 is 1.96 bits per heavy atom. The summed E-state index contributed by atoms with van der Waals surface area (Å²) in [5.41, 5.74) is 2.61.